The Morgan fingerprint density at radius 1 is 1.05 bits per heavy atom. The van der Waals surface area contributed by atoms with Crippen molar-refractivity contribution in [1.29, 1.82) is 0 Å². The van der Waals surface area contributed by atoms with E-state index in [-0.39, 0.29) is 5.56 Å². The molecule has 1 nitrogen and oxygen atoms in total. The number of hydrogen-bond acceptors (Lipinski definition) is 1. The molecule has 4 heteroatoms. The molecule has 0 saturated heterocycles. The summed E-state index contributed by atoms with van der Waals surface area (Å²) in [6.07, 6.45) is 0.926. The highest BCUT2D eigenvalue weighted by atomic mass is 19.4. The molecule has 0 heterocycles. The van der Waals surface area contributed by atoms with E-state index in [4.69, 9.17) is 5.73 Å². The highest BCUT2D eigenvalue weighted by molar-refractivity contribution is 5.41. The van der Waals surface area contributed by atoms with Gasteiger partial charge in [0, 0.05) is 0 Å². The molecule has 0 amide bonds. The van der Waals surface area contributed by atoms with Gasteiger partial charge in [0.1, 0.15) is 0 Å². The average molecular weight is 279 g/mol. The lowest BCUT2D eigenvalue weighted by molar-refractivity contribution is -0.171. The number of alkyl halides is 3. The number of nitrogens with two attached hydrogens (primary N) is 1. The summed E-state index contributed by atoms with van der Waals surface area (Å²) in [4.78, 5) is 0. The maximum atomic E-state index is 13.3. The van der Waals surface area contributed by atoms with Gasteiger partial charge in [-0.05, 0) is 36.8 Å². The van der Waals surface area contributed by atoms with Gasteiger partial charge in [0.05, 0.1) is 0 Å². The summed E-state index contributed by atoms with van der Waals surface area (Å²) >= 11 is 0. The normalized spacial score (nSPS) is 18.5. The molecule has 0 bridgehead atoms. The number of halogens is 3. The summed E-state index contributed by atoms with van der Waals surface area (Å²) in [5, 5.41) is 0. The zero-order valence-corrected chi connectivity index (χ0v) is 11.0. The summed E-state index contributed by atoms with van der Waals surface area (Å²) in [6.45, 7) is 0. The van der Waals surface area contributed by atoms with E-state index in [0.29, 0.717) is 0 Å². The molecule has 1 aliphatic rings. The van der Waals surface area contributed by atoms with Crippen molar-refractivity contribution in [2.75, 3.05) is 0 Å². The van der Waals surface area contributed by atoms with Gasteiger partial charge >= 0.3 is 6.18 Å². The minimum Gasteiger partial charge on any atom is -0.304 e. The molecule has 1 aliphatic carbocycles. The Morgan fingerprint density at radius 3 is 2.30 bits per heavy atom. The van der Waals surface area contributed by atoms with Gasteiger partial charge < -0.3 is 5.73 Å². The Kier molecular flexibility index (Phi) is 4.20. The minimum atomic E-state index is -4.61. The average Bonchev–Trinajstić information content (AvgIpc) is 2.45. The Bertz CT molecular complexity index is 549. The van der Waals surface area contributed by atoms with Crippen molar-refractivity contribution in [2.24, 2.45) is 5.73 Å². The fraction of sp³-hybridized carbons (Fsp3) is 0.375. The van der Waals surface area contributed by atoms with Crippen molar-refractivity contribution < 1.29 is 13.2 Å². The molecular weight excluding hydrogens is 263 g/mol. The van der Waals surface area contributed by atoms with Gasteiger partial charge in [-0.2, -0.15) is 13.2 Å². The quantitative estimate of drug-likeness (QED) is 0.775. The van der Waals surface area contributed by atoms with Crippen molar-refractivity contribution in [3.63, 3.8) is 0 Å². The van der Waals surface area contributed by atoms with E-state index in [1.54, 1.807) is 6.07 Å². The van der Waals surface area contributed by atoms with Crippen LogP contribution in [0.4, 0.5) is 13.2 Å². The first-order chi connectivity index (χ1) is 9.43. The maximum absolute atomic E-state index is 13.3. The third kappa shape index (κ3) is 3.05. The first-order valence-corrected chi connectivity index (χ1v) is 6.57. The Balaban J connectivity index is 2.39. The van der Waals surface area contributed by atoms with E-state index in [9.17, 15) is 13.2 Å². The zero-order valence-electron chi connectivity index (χ0n) is 11.0. The van der Waals surface area contributed by atoms with Gasteiger partial charge in [0.25, 0.3) is 0 Å². The van der Waals surface area contributed by atoms with E-state index in [1.807, 2.05) is 6.08 Å². The highest BCUT2D eigenvalue weighted by Crippen LogP contribution is 2.36. The molecule has 0 fully saturated rings. The largest absolute Gasteiger partial charge is 0.422 e. The van der Waals surface area contributed by atoms with Crippen LogP contribution >= 0.6 is 0 Å². The summed E-state index contributed by atoms with van der Waals surface area (Å²) in [7, 11) is 0. The molecular formula is C16H16F3N. The van der Waals surface area contributed by atoms with Crippen LogP contribution in [0.5, 0.6) is 0 Å². The molecule has 1 atom stereocenters. The van der Waals surface area contributed by atoms with Crippen LogP contribution in [0, 0.1) is 11.8 Å². The molecule has 0 spiro atoms. The predicted octanol–water partition coefficient (Wildman–Crippen LogP) is 3.91. The predicted molar refractivity (Wildman–Crippen MR) is 72.7 cm³/mol. The fourth-order valence-corrected chi connectivity index (χ4v) is 2.14. The lowest BCUT2D eigenvalue weighted by Gasteiger charge is -2.27. The zero-order chi connectivity index (χ0) is 14.6. The monoisotopic (exact) mass is 279 g/mol. The Labute approximate surface area is 116 Å². The second-order valence-electron chi connectivity index (χ2n) is 4.90. The molecule has 1 aromatic rings. The van der Waals surface area contributed by atoms with Crippen LogP contribution in [0.1, 0.15) is 31.2 Å². The SMILES string of the molecule is NC(C#CC1=CCCCC1)(c1ccccc1)C(F)(F)F. The van der Waals surface area contributed by atoms with Gasteiger partial charge in [-0.1, -0.05) is 48.2 Å². The van der Waals surface area contributed by atoms with E-state index in [1.165, 1.54) is 24.3 Å². The third-order valence-corrected chi connectivity index (χ3v) is 3.39. The highest BCUT2D eigenvalue weighted by Gasteiger charge is 2.52. The number of allylic oxidation sites excluding steroid dienone is 2. The fourth-order valence-electron chi connectivity index (χ4n) is 2.14. The molecule has 0 aromatic heterocycles. The molecule has 2 rings (SSSR count). The molecule has 106 valence electrons. The van der Waals surface area contributed by atoms with Crippen LogP contribution in [-0.2, 0) is 5.54 Å². The molecule has 2 N–H and O–H groups in total. The van der Waals surface area contributed by atoms with Crippen molar-refractivity contribution >= 4 is 0 Å². The van der Waals surface area contributed by atoms with E-state index >= 15 is 0 Å². The number of hydrogen-bond donors (Lipinski definition) is 1. The first-order valence-electron chi connectivity index (χ1n) is 6.57. The van der Waals surface area contributed by atoms with Crippen LogP contribution in [0.3, 0.4) is 0 Å². The first kappa shape index (κ1) is 14.7. The Hall–Kier alpha value is -1.73. The van der Waals surface area contributed by atoms with Gasteiger partial charge in [-0.15, -0.1) is 0 Å². The van der Waals surface area contributed by atoms with Crippen molar-refractivity contribution in [3.8, 4) is 11.8 Å². The molecule has 1 aromatic carbocycles. The van der Waals surface area contributed by atoms with Crippen LogP contribution in [-0.4, -0.2) is 6.18 Å². The van der Waals surface area contributed by atoms with Gasteiger partial charge in [-0.3, -0.25) is 0 Å². The Morgan fingerprint density at radius 2 is 1.75 bits per heavy atom. The molecule has 20 heavy (non-hydrogen) atoms. The van der Waals surface area contributed by atoms with E-state index in [0.717, 1.165) is 31.3 Å². The van der Waals surface area contributed by atoms with Crippen LogP contribution in [0.25, 0.3) is 0 Å². The summed E-state index contributed by atoms with van der Waals surface area (Å²) in [5.41, 5.74) is 3.69. The van der Waals surface area contributed by atoms with Crippen LogP contribution < -0.4 is 5.73 Å². The number of benzene rings is 1. The molecule has 0 radical (unpaired) electrons. The summed E-state index contributed by atoms with van der Waals surface area (Å²) in [6, 6.07) is 7.43. The van der Waals surface area contributed by atoms with E-state index in [2.05, 4.69) is 11.8 Å². The van der Waals surface area contributed by atoms with Gasteiger partial charge in [0.15, 0.2) is 5.54 Å². The van der Waals surface area contributed by atoms with Gasteiger partial charge in [0.2, 0.25) is 0 Å². The van der Waals surface area contributed by atoms with Crippen molar-refractivity contribution in [2.45, 2.75) is 37.4 Å². The second-order valence-corrected chi connectivity index (χ2v) is 4.90. The lowest BCUT2D eigenvalue weighted by Crippen LogP contribution is -2.49. The summed E-state index contributed by atoms with van der Waals surface area (Å²) in [5.74, 6) is 4.89. The second kappa shape index (κ2) is 5.72. The minimum absolute atomic E-state index is 0.0311. The standard InChI is InChI=1S/C16H16F3N/c17-16(18,19)15(20,14-9-5-2-6-10-14)12-11-13-7-3-1-4-8-13/h2,5-7,9-10H,1,3-4,8,20H2. The van der Waals surface area contributed by atoms with E-state index < -0.39 is 11.7 Å². The maximum Gasteiger partial charge on any atom is 0.422 e. The molecule has 0 saturated carbocycles. The lowest BCUT2D eigenvalue weighted by atomic mass is 9.90. The molecule has 0 aliphatic heterocycles. The van der Waals surface area contributed by atoms with Crippen molar-refractivity contribution in [3.05, 3.63) is 47.5 Å². The smallest absolute Gasteiger partial charge is 0.304 e. The van der Waals surface area contributed by atoms with Crippen LogP contribution in [0.2, 0.25) is 0 Å². The van der Waals surface area contributed by atoms with Crippen LogP contribution in [0.15, 0.2) is 42.0 Å². The number of rotatable bonds is 1. The van der Waals surface area contributed by atoms with Crippen molar-refractivity contribution in [1.82, 2.24) is 0 Å². The topological polar surface area (TPSA) is 26.0 Å². The van der Waals surface area contributed by atoms with Gasteiger partial charge in [-0.25, -0.2) is 0 Å². The third-order valence-electron chi connectivity index (χ3n) is 3.39. The summed E-state index contributed by atoms with van der Waals surface area (Å²) < 4.78 is 39.9. The molecule has 1 unspecified atom stereocenters.